The molecule has 0 aliphatic carbocycles. The van der Waals surface area contributed by atoms with Crippen molar-refractivity contribution in [2.45, 2.75) is 12.8 Å². The molecule has 1 aliphatic rings. The molecule has 2 aromatic heterocycles. The van der Waals surface area contributed by atoms with Crippen molar-refractivity contribution in [2.75, 3.05) is 32.6 Å². The summed E-state index contributed by atoms with van der Waals surface area (Å²) in [5.74, 6) is 1.11. The topological polar surface area (TPSA) is 120 Å². The molecule has 1 fully saturated rings. The Labute approximate surface area is 182 Å². The molecule has 0 unspecified atom stereocenters. The molecule has 3 heterocycles. The maximum atomic E-state index is 12.9. The second kappa shape index (κ2) is 9.13. The molecule has 3 aromatic rings. The summed E-state index contributed by atoms with van der Waals surface area (Å²) in [6.45, 7) is 0.912. The molecule has 10 nitrogen and oxygen atoms in total. The number of benzene rings is 1. The average Bonchev–Trinajstić information content (AvgIpc) is 3.50. The van der Waals surface area contributed by atoms with Gasteiger partial charge in [-0.15, -0.1) is 10.2 Å². The molecule has 11 heteroatoms. The number of amides is 2. The summed E-state index contributed by atoms with van der Waals surface area (Å²) in [5.41, 5.74) is 2.40. The molecule has 0 radical (unpaired) electrons. The van der Waals surface area contributed by atoms with E-state index < -0.39 is 0 Å². The molecule has 31 heavy (non-hydrogen) atoms. The lowest BCUT2D eigenvalue weighted by atomic mass is 9.96. The Bertz CT molecular complexity index is 1060. The van der Waals surface area contributed by atoms with Crippen molar-refractivity contribution in [3.8, 4) is 22.8 Å². The fourth-order valence-corrected chi connectivity index (χ4v) is 3.90. The zero-order chi connectivity index (χ0) is 21.8. The zero-order valence-corrected chi connectivity index (χ0v) is 17.8. The van der Waals surface area contributed by atoms with Gasteiger partial charge in [0.15, 0.2) is 11.5 Å². The second-order valence-corrected chi connectivity index (χ2v) is 7.78. The summed E-state index contributed by atoms with van der Waals surface area (Å²) in [6, 6.07) is 6.88. The number of likely N-dealkylation sites (tertiary alicyclic amines) is 1. The van der Waals surface area contributed by atoms with Crippen LogP contribution in [0.1, 0.15) is 23.3 Å². The van der Waals surface area contributed by atoms with Crippen molar-refractivity contribution in [1.29, 1.82) is 0 Å². The van der Waals surface area contributed by atoms with Crippen LogP contribution in [0.25, 0.3) is 11.3 Å². The highest BCUT2D eigenvalue weighted by Crippen LogP contribution is 2.34. The van der Waals surface area contributed by atoms with Gasteiger partial charge in [-0.05, 0) is 31.0 Å². The van der Waals surface area contributed by atoms with Crippen LogP contribution >= 0.6 is 11.3 Å². The molecule has 4 rings (SSSR count). The second-order valence-electron chi connectivity index (χ2n) is 6.94. The number of piperidine rings is 1. The number of rotatable bonds is 6. The minimum absolute atomic E-state index is 0.0994. The molecule has 1 aliphatic heterocycles. The number of aromatic nitrogens is 3. The minimum atomic E-state index is -0.236. The molecular weight excluding hydrogens is 422 g/mol. The van der Waals surface area contributed by atoms with E-state index in [4.69, 9.17) is 14.0 Å². The van der Waals surface area contributed by atoms with Crippen LogP contribution in [-0.2, 0) is 4.79 Å². The predicted molar refractivity (Wildman–Crippen MR) is 112 cm³/mol. The van der Waals surface area contributed by atoms with E-state index >= 15 is 0 Å². The Hall–Kier alpha value is -3.47. The molecule has 1 saturated heterocycles. The molecule has 1 N–H and O–H groups in total. The first-order chi connectivity index (χ1) is 15.1. The Kier molecular flexibility index (Phi) is 6.12. The van der Waals surface area contributed by atoms with Crippen LogP contribution in [0.4, 0.5) is 5.13 Å². The minimum Gasteiger partial charge on any atom is -0.497 e. The van der Waals surface area contributed by atoms with Gasteiger partial charge >= 0.3 is 0 Å². The standard InChI is InChI=1S/C20H21N5O5S/c1-28-13-3-4-16(29-2)14(9-13)17-10-15(24-30-17)19(27)25-7-5-12(6-8-25)18(26)22-20-23-21-11-31-20/h3-4,9-12H,5-8H2,1-2H3,(H,22,23,26). The number of carbonyl (C=O) groups excluding carboxylic acids is 2. The lowest BCUT2D eigenvalue weighted by molar-refractivity contribution is -0.121. The molecule has 162 valence electrons. The SMILES string of the molecule is COc1ccc(OC)c(-c2cc(C(=O)N3CCC(C(=O)Nc4nncs4)CC3)no2)c1. The van der Waals surface area contributed by atoms with Crippen LogP contribution in [0.3, 0.4) is 0 Å². The molecule has 1 aromatic carbocycles. The van der Waals surface area contributed by atoms with Crippen LogP contribution < -0.4 is 14.8 Å². The van der Waals surface area contributed by atoms with Crippen molar-refractivity contribution >= 4 is 28.3 Å². The van der Waals surface area contributed by atoms with Gasteiger partial charge in [0, 0.05) is 25.1 Å². The average molecular weight is 443 g/mol. The van der Waals surface area contributed by atoms with Gasteiger partial charge < -0.3 is 24.2 Å². The number of hydrogen-bond acceptors (Lipinski definition) is 9. The number of ether oxygens (including phenoxy) is 2. The molecule has 0 saturated carbocycles. The summed E-state index contributed by atoms with van der Waals surface area (Å²) in [7, 11) is 3.12. The smallest absolute Gasteiger partial charge is 0.276 e. The first kappa shape index (κ1) is 20.8. The van der Waals surface area contributed by atoms with Crippen LogP contribution in [0.2, 0.25) is 0 Å². The van der Waals surface area contributed by atoms with Crippen LogP contribution in [-0.4, -0.2) is 59.4 Å². The number of hydrogen-bond donors (Lipinski definition) is 1. The lowest BCUT2D eigenvalue weighted by Gasteiger charge is -2.30. The van der Waals surface area contributed by atoms with E-state index in [1.807, 2.05) is 0 Å². The summed E-state index contributed by atoms with van der Waals surface area (Å²) < 4.78 is 16.0. The summed E-state index contributed by atoms with van der Waals surface area (Å²) in [6.07, 6.45) is 1.12. The fourth-order valence-electron chi connectivity index (χ4n) is 3.45. The van der Waals surface area contributed by atoms with Gasteiger partial charge in [0.25, 0.3) is 5.91 Å². The van der Waals surface area contributed by atoms with Gasteiger partial charge in [-0.3, -0.25) is 9.59 Å². The molecule has 0 atom stereocenters. The number of nitrogens with one attached hydrogen (secondary N) is 1. The van der Waals surface area contributed by atoms with Crippen molar-refractivity contribution < 1.29 is 23.6 Å². The molecule has 2 amide bonds. The summed E-state index contributed by atoms with van der Waals surface area (Å²) in [5, 5.41) is 14.7. The third kappa shape index (κ3) is 4.50. The number of carbonyl (C=O) groups is 2. The highest BCUT2D eigenvalue weighted by molar-refractivity contribution is 7.13. The van der Waals surface area contributed by atoms with Crippen molar-refractivity contribution in [2.24, 2.45) is 5.92 Å². The van der Waals surface area contributed by atoms with Crippen molar-refractivity contribution in [3.63, 3.8) is 0 Å². The zero-order valence-electron chi connectivity index (χ0n) is 17.0. The normalized spacial score (nSPS) is 14.3. The molecular formula is C20H21N5O5S. The largest absolute Gasteiger partial charge is 0.497 e. The highest BCUT2D eigenvalue weighted by atomic mass is 32.1. The van der Waals surface area contributed by atoms with Crippen molar-refractivity contribution in [1.82, 2.24) is 20.3 Å². The molecule has 0 spiro atoms. The van der Waals surface area contributed by atoms with E-state index in [1.54, 1.807) is 48.9 Å². The monoisotopic (exact) mass is 443 g/mol. The van der Waals surface area contributed by atoms with E-state index in [0.29, 0.717) is 53.9 Å². The van der Waals surface area contributed by atoms with Gasteiger partial charge in [0.1, 0.15) is 17.0 Å². The summed E-state index contributed by atoms with van der Waals surface area (Å²) in [4.78, 5) is 26.9. The van der Waals surface area contributed by atoms with E-state index in [0.717, 1.165) is 0 Å². The number of nitrogens with zero attached hydrogens (tertiary/aromatic N) is 4. The molecule has 0 bridgehead atoms. The first-order valence-corrected chi connectivity index (χ1v) is 10.5. The van der Waals surface area contributed by atoms with Gasteiger partial charge in [-0.2, -0.15) is 0 Å². The van der Waals surface area contributed by atoms with E-state index in [2.05, 4.69) is 20.7 Å². The first-order valence-electron chi connectivity index (χ1n) is 9.64. The number of methoxy groups -OCH3 is 2. The maximum Gasteiger partial charge on any atom is 0.276 e. The van der Waals surface area contributed by atoms with E-state index in [9.17, 15) is 9.59 Å². The quantitative estimate of drug-likeness (QED) is 0.618. The van der Waals surface area contributed by atoms with Gasteiger partial charge in [0.2, 0.25) is 11.0 Å². The Morgan fingerprint density at radius 1 is 1.19 bits per heavy atom. The lowest BCUT2D eigenvalue weighted by Crippen LogP contribution is -2.41. The Morgan fingerprint density at radius 3 is 2.68 bits per heavy atom. The van der Waals surface area contributed by atoms with Crippen LogP contribution in [0.15, 0.2) is 34.3 Å². The van der Waals surface area contributed by atoms with Gasteiger partial charge in [-0.25, -0.2) is 0 Å². The predicted octanol–water partition coefficient (Wildman–Crippen LogP) is 2.70. The van der Waals surface area contributed by atoms with E-state index in [1.165, 1.54) is 11.3 Å². The third-order valence-electron chi connectivity index (χ3n) is 5.14. The summed E-state index contributed by atoms with van der Waals surface area (Å²) >= 11 is 1.27. The van der Waals surface area contributed by atoms with Crippen LogP contribution in [0, 0.1) is 5.92 Å². The van der Waals surface area contributed by atoms with Crippen molar-refractivity contribution in [3.05, 3.63) is 35.5 Å². The van der Waals surface area contributed by atoms with E-state index in [-0.39, 0.29) is 23.4 Å². The van der Waals surface area contributed by atoms with Gasteiger partial charge in [-0.1, -0.05) is 16.5 Å². The Balaban J connectivity index is 1.40. The Morgan fingerprint density at radius 2 is 2.00 bits per heavy atom. The van der Waals surface area contributed by atoms with Gasteiger partial charge in [0.05, 0.1) is 19.8 Å². The maximum absolute atomic E-state index is 12.9. The number of anilines is 1. The highest BCUT2D eigenvalue weighted by Gasteiger charge is 2.30. The fraction of sp³-hybridized carbons (Fsp3) is 0.350. The third-order valence-corrected chi connectivity index (χ3v) is 5.75. The van der Waals surface area contributed by atoms with Crippen LogP contribution in [0.5, 0.6) is 11.5 Å².